The number of benzene rings is 1. The molecule has 0 radical (unpaired) electrons. The second-order valence-corrected chi connectivity index (χ2v) is 14.3. The van der Waals surface area contributed by atoms with Crippen molar-refractivity contribution in [1.82, 2.24) is 0 Å². The van der Waals surface area contributed by atoms with Gasteiger partial charge in [0.1, 0.15) is 16.7 Å². The Labute approximate surface area is 272 Å². The van der Waals surface area contributed by atoms with Crippen LogP contribution >= 0.6 is 11.3 Å². The van der Waals surface area contributed by atoms with Gasteiger partial charge in [0.05, 0.1) is 36.2 Å². The third-order valence-electron chi connectivity index (χ3n) is 8.01. The van der Waals surface area contributed by atoms with Crippen molar-refractivity contribution in [3.63, 3.8) is 0 Å². The second-order valence-electron chi connectivity index (χ2n) is 12.2. The highest BCUT2D eigenvalue weighted by atomic mass is 32.2. The molecule has 0 unspecified atom stereocenters. The molecule has 0 N–H and O–H groups in total. The van der Waals surface area contributed by atoms with Gasteiger partial charge in [-0.15, -0.1) is 0 Å². The molecule has 3 rings (SSSR count). The Balaban J connectivity index is 0.000000514. The molecule has 1 aliphatic rings. The largest absolute Gasteiger partial charge is 0.744 e. The van der Waals surface area contributed by atoms with E-state index in [0.29, 0.717) is 5.92 Å². The second kappa shape index (κ2) is 24.8. The molecule has 0 saturated carbocycles. The Hall–Kier alpha value is -1.36. The van der Waals surface area contributed by atoms with Gasteiger partial charge in [-0.2, -0.15) is 4.57 Å². The first-order chi connectivity index (χ1) is 21.4. The van der Waals surface area contributed by atoms with Crippen molar-refractivity contribution in [2.45, 2.75) is 134 Å². The smallest absolute Gasteiger partial charge is 0.224 e. The Morgan fingerprint density at radius 1 is 0.841 bits per heavy atom. The lowest BCUT2D eigenvalue weighted by atomic mass is 10.1. The molecule has 0 amide bonds. The minimum Gasteiger partial charge on any atom is -0.744 e. The van der Waals surface area contributed by atoms with E-state index in [1.807, 2.05) is 6.92 Å². The van der Waals surface area contributed by atoms with Gasteiger partial charge in [-0.3, -0.25) is 0 Å². The highest BCUT2D eigenvalue weighted by Crippen LogP contribution is 2.20. The van der Waals surface area contributed by atoms with Crippen LogP contribution in [0.15, 0.2) is 46.2 Å². The van der Waals surface area contributed by atoms with Crippen LogP contribution in [0.25, 0.3) is 0 Å². The molecule has 1 aromatic carbocycles. The van der Waals surface area contributed by atoms with Gasteiger partial charge in [-0.05, 0) is 44.7 Å². The summed E-state index contributed by atoms with van der Waals surface area (Å²) in [6, 6.07) is 5.78. The molecule has 1 fully saturated rings. The lowest BCUT2D eigenvalue weighted by molar-refractivity contribution is -0.692. The summed E-state index contributed by atoms with van der Waals surface area (Å²) in [4.78, 5) is -0.178. The number of aromatic nitrogens is 1. The van der Waals surface area contributed by atoms with Crippen LogP contribution in [0.5, 0.6) is 0 Å². The lowest BCUT2D eigenvalue weighted by Crippen LogP contribution is -2.29. The van der Waals surface area contributed by atoms with Gasteiger partial charge in [0.2, 0.25) is 5.51 Å². The Kier molecular flexibility index (Phi) is 21.9. The Morgan fingerprint density at radius 3 is 1.98 bits per heavy atom. The van der Waals surface area contributed by atoms with E-state index in [9.17, 15) is 13.0 Å². The number of aryl methyl sites for hydroxylation is 2. The number of hydrogen-bond acceptors (Lipinski definition) is 7. The highest BCUT2D eigenvalue weighted by Gasteiger charge is 2.25. The molecule has 1 saturated heterocycles. The SMILES string of the molecule is CCCCCCCCCCCCOC[C@H]1CO[C@H](COCCCCCCC[n+]2ccsc2)C1.Cc1ccc(S(=O)(=O)[O-])cc1. The first kappa shape index (κ1) is 38.8. The maximum Gasteiger partial charge on any atom is 0.224 e. The average Bonchev–Trinajstić information content (AvgIpc) is 3.69. The number of rotatable bonds is 24. The Bertz CT molecular complexity index is 1030. The van der Waals surface area contributed by atoms with Crippen molar-refractivity contribution in [1.29, 1.82) is 0 Å². The molecule has 0 bridgehead atoms. The van der Waals surface area contributed by atoms with Crippen molar-refractivity contribution in [3.8, 4) is 0 Å². The zero-order chi connectivity index (χ0) is 31.7. The molecule has 1 aliphatic heterocycles. The monoisotopic (exact) mass is 653 g/mol. The summed E-state index contributed by atoms with van der Waals surface area (Å²) in [6.45, 7) is 9.51. The summed E-state index contributed by atoms with van der Waals surface area (Å²) < 4.78 is 51.2. The van der Waals surface area contributed by atoms with Crippen LogP contribution in [0.1, 0.15) is 115 Å². The molecule has 2 heterocycles. The molecule has 1 aromatic heterocycles. The molecule has 7 nitrogen and oxygen atoms in total. The summed E-state index contributed by atoms with van der Waals surface area (Å²) in [5.41, 5.74) is 3.12. The van der Waals surface area contributed by atoms with Crippen molar-refractivity contribution in [2.75, 3.05) is 33.0 Å². The summed E-state index contributed by atoms with van der Waals surface area (Å²) in [5, 5.41) is 2.14. The van der Waals surface area contributed by atoms with Gasteiger partial charge in [0.25, 0.3) is 0 Å². The maximum absolute atomic E-state index is 10.4. The van der Waals surface area contributed by atoms with Crippen LogP contribution in [-0.4, -0.2) is 52.1 Å². The van der Waals surface area contributed by atoms with Gasteiger partial charge in [0.15, 0.2) is 6.20 Å². The molecular formula is C35H59NO6S2. The van der Waals surface area contributed by atoms with Crippen LogP contribution in [-0.2, 0) is 30.9 Å². The molecule has 44 heavy (non-hydrogen) atoms. The van der Waals surface area contributed by atoms with E-state index in [1.165, 1.54) is 108 Å². The zero-order valence-corrected chi connectivity index (χ0v) is 29.1. The number of unbranched alkanes of at least 4 members (excludes halogenated alkanes) is 13. The summed E-state index contributed by atoms with van der Waals surface area (Å²) in [7, 11) is -4.27. The number of nitrogens with zero attached hydrogens (tertiary/aromatic N) is 1. The van der Waals surface area contributed by atoms with E-state index < -0.39 is 10.1 Å². The lowest BCUT2D eigenvalue weighted by Gasteiger charge is -2.11. The molecule has 252 valence electrons. The van der Waals surface area contributed by atoms with Crippen molar-refractivity contribution < 1.29 is 31.7 Å². The fourth-order valence-electron chi connectivity index (χ4n) is 5.29. The molecule has 2 aromatic rings. The predicted molar refractivity (Wildman–Crippen MR) is 178 cm³/mol. The molecule has 0 spiro atoms. The topological polar surface area (TPSA) is 88.8 Å². The summed E-state index contributed by atoms with van der Waals surface area (Å²) >= 11 is 1.77. The van der Waals surface area contributed by atoms with E-state index in [1.54, 1.807) is 23.5 Å². The quantitative estimate of drug-likeness (QED) is 0.0644. The fourth-order valence-corrected chi connectivity index (χ4v) is 6.39. The van der Waals surface area contributed by atoms with Gasteiger partial charge >= 0.3 is 0 Å². The third-order valence-corrected chi connectivity index (χ3v) is 9.53. The van der Waals surface area contributed by atoms with Gasteiger partial charge < -0.3 is 18.8 Å². The van der Waals surface area contributed by atoms with Gasteiger partial charge in [0, 0.05) is 25.6 Å². The van der Waals surface area contributed by atoms with Crippen LogP contribution in [0.2, 0.25) is 0 Å². The maximum atomic E-state index is 10.4. The van der Waals surface area contributed by atoms with E-state index in [0.717, 1.165) is 51.6 Å². The molecule has 2 atom stereocenters. The first-order valence-corrected chi connectivity index (χ1v) is 19.4. The highest BCUT2D eigenvalue weighted by molar-refractivity contribution is 7.85. The summed E-state index contributed by atoms with van der Waals surface area (Å²) in [6.07, 6.45) is 23.7. The summed E-state index contributed by atoms with van der Waals surface area (Å²) in [5.74, 6) is 0.558. The third kappa shape index (κ3) is 19.9. The van der Waals surface area contributed by atoms with Gasteiger partial charge in [-0.25, -0.2) is 8.42 Å². The fraction of sp³-hybridized carbons (Fsp3) is 0.743. The first-order valence-electron chi connectivity index (χ1n) is 17.1. The minimum atomic E-state index is -4.27. The molecule has 0 aliphatic carbocycles. The predicted octanol–water partition coefficient (Wildman–Crippen LogP) is 8.24. The van der Waals surface area contributed by atoms with E-state index in [4.69, 9.17) is 14.2 Å². The minimum absolute atomic E-state index is 0.178. The van der Waals surface area contributed by atoms with Gasteiger partial charge in [-0.1, -0.05) is 107 Å². The van der Waals surface area contributed by atoms with Crippen LogP contribution in [0.4, 0.5) is 0 Å². The number of thiazole rings is 1. The normalized spacial score (nSPS) is 16.6. The standard InChI is InChI=1S/C28H52NO3S.C7H8O3S/c1-2-3-4-5-6-7-8-9-12-15-19-30-23-27-22-28(32-24-27)25-31-20-16-13-10-11-14-17-29-18-21-33-26-29;1-6-2-4-7(5-3-6)11(8,9)10/h18,21,26-28H,2-17,19-20,22-25H2,1H3;2-5H,1H3,(H,8,9,10)/q+1;/p-1/t27-,28-;/m0./s1. The molecule has 9 heteroatoms. The van der Waals surface area contributed by atoms with E-state index in [-0.39, 0.29) is 11.0 Å². The van der Waals surface area contributed by atoms with Crippen LogP contribution in [0.3, 0.4) is 0 Å². The van der Waals surface area contributed by atoms with E-state index in [2.05, 4.69) is 28.6 Å². The van der Waals surface area contributed by atoms with Crippen molar-refractivity contribution >= 4 is 21.5 Å². The Morgan fingerprint density at radius 2 is 1.41 bits per heavy atom. The number of hydrogen-bond donors (Lipinski definition) is 0. The van der Waals surface area contributed by atoms with Crippen molar-refractivity contribution in [3.05, 3.63) is 46.9 Å². The van der Waals surface area contributed by atoms with Crippen LogP contribution < -0.4 is 4.57 Å². The number of ether oxygens (including phenoxy) is 3. The zero-order valence-electron chi connectivity index (χ0n) is 27.5. The van der Waals surface area contributed by atoms with Crippen LogP contribution in [0, 0.1) is 12.8 Å². The van der Waals surface area contributed by atoms with E-state index >= 15 is 0 Å². The molecular weight excluding hydrogens is 595 g/mol. The van der Waals surface area contributed by atoms with Crippen molar-refractivity contribution in [2.24, 2.45) is 5.92 Å². The average molecular weight is 654 g/mol.